The minimum absolute atomic E-state index is 0.381. The Bertz CT molecular complexity index is 414. The molecular weight excluding hydrogens is 204 g/mol. The molecule has 0 fully saturated rings. The van der Waals surface area contributed by atoms with Gasteiger partial charge in [0.2, 0.25) is 0 Å². The van der Waals surface area contributed by atoms with Crippen molar-refractivity contribution in [1.29, 1.82) is 0 Å². The molecule has 3 nitrogen and oxygen atoms in total. The summed E-state index contributed by atoms with van der Waals surface area (Å²) in [5.74, 6) is -0.381. The monoisotopic (exact) mass is 222 g/mol. The molecule has 0 aromatic heterocycles. The van der Waals surface area contributed by atoms with Crippen LogP contribution in [0, 0.1) is 13.8 Å². The maximum Gasteiger partial charge on any atom is 0.337 e. The Morgan fingerprint density at radius 3 is 2.31 bits per heavy atom. The quantitative estimate of drug-likeness (QED) is 0.781. The molecule has 0 bridgehead atoms. The first-order chi connectivity index (χ1) is 7.27. The number of hydrogen-bond acceptors (Lipinski definition) is 3. The van der Waals surface area contributed by atoms with Crippen molar-refractivity contribution in [2.24, 2.45) is 0 Å². The van der Waals surface area contributed by atoms with Crippen molar-refractivity contribution in [3.63, 3.8) is 0 Å². The van der Waals surface area contributed by atoms with Crippen molar-refractivity contribution in [3.05, 3.63) is 34.4 Å². The Kier molecular flexibility index (Phi) is 3.38. The van der Waals surface area contributed by atoms with Gasteiger partial charge in [0.05, 0.1) is 18.3 Å². The van der Waals surface area contributed by atoms with Crippen molar-refractivity contribution in [1.82, 2.24) is 0 Å². The fraction of sp³-hybridized carbons (Fsp3) is 0.462. The number of methoxy groups -OCH3 is 1. The summed E-state index contributed by atoms with van der Waals surface area (Å²) < 4.78 is 4.68. The van der Waals surface area contributed by atoms with Gasteiger partial charge in [0.1, 0.15) is 0 Å². The van der Waals surface area contributed by atoms with Gasteiger partial charge in [0, 0.05) is 0 Å². The normalized spacial score (nSPS) is 11.4. The van der Waals surface area contributed by atoms with E-state index in [1.54, 1.807) is 26.0 Å². The Labute approximate surface area is 96.1 Å². The summed E-state index contributed by atoms with van der Waals surface area (Å²) in [5, 5.41) is 10.0. The Morgan fingerprint density at radius 1 is 1.31 bits per heavy atom. The molecule has 0 spiro atoms. The van der Waals surface area contributed by atoms with Crippen molar-refractivity contribution >= 4 is 5.97 Å². The number of carbonyl (C=O) groups excluding carboxylic acids is 1. The molecule has 1 aromatic carbocycles. The zero-order valence-corrected chi connectivity index (χ0v) is 10.4. The largest absolute Gasteiger partial charge is 0.465 e. The van der Waals surface area contributed by atoms with Crippen LogP contribution in [0.4, 0.5) is 0 Å². The number of aliphatic hydroxyl groups is 1. The van der Waals surface area contributed by atoms with Gasteiger partial charge in [0.15, 0.2) is 0 Å². The summed E-state index contributed by atoms with van der Waals surface area (Å²) in [6, 6.07) is 3.46. The smallest absolute Gasteiger partial charge is 0.337 e. The molecule has 0 aliphatic rings. The molecule has 0 aliphatic heterocycles. The lowest BCUT2D eigenvalue weighted by Gasteiger charge is -2.22. The average molecular weight is 222 g/mol. The van der Waals surface area contributed by atoms with Crippen LogP contribution in [-0.4, -0.2) is 18.2 Å². The molecule has 16 heavy (non-hydrogen) atoms. The third kappa shape index (κ3) is 2.42. The van der Waals surface area contributed by atoms with Gasteiger partial charge in [-0.3, -0.25) is 0 Å². The second kappa shape index (κ2) is 4.26. The Hall–Kier alpha value is -1.35. The second-order valence-corrected chi connectivity index (χ2v) is 4.52. The van der Waals surface area contributed by atoms with Gasteiger partial charge < -0.3 is 9.84 Å². The van der Waals surface area contributed by atoms with Gasteiger partial charge in [-0.05, 0) is 56.5 Å². The summed E-state index contributed by atoms with van der Waals surface area (Å²) in [7, 11) is 1.35. The number of carbonyl (C=O) groups is 1. The van der Waals surface area contributed by atoms with Crippen LogP contribution in [-0.2, 0) is 10.3 Å². The van der Waals surface area contributed by atoms with Crippen LogP contribution in [0.5, 0.6) is 0 Å². The van der Waals surface area contributed by atoms with E-state index in [0.29, 0.717) is 5.56 Å². The molecule has 0 saturated carbocycles. The Balaban J connectivity index is 3.39. The highest BCUT2D eigenvalue weighted by Crippen LogP contribution is 2.27. The van der Waals surface area contributed by atoms with Crippen LogP contribution in [0.2, 0.25) is 0 Å². The minimum atomic E-state index is -0.959. The van der Waals surface area contributed by atoms with Crippen molar-refractivity contribution < 1.29 is 14.6 Å². The molecule has 0 radical (unpaired) electrons. The van der Waals surface area contributed by atoms with E-state index in [1.165, 1.54) is 7.11 Å². The lowest BCUT2D eigenvalue weighted by molar-refractivity contribution is 0.0598. The first-order valence-electron chi connectivity index (χ1n) is 5.19. The number of ether oxygens (including phenoxy) is 1. The van der Waals surface area contributed by atoms with Crippen LogP contribution in [0.1, 0.15) is 40.9 Å². The van der Waals surface area contributed by atoms with Gasteiger partial charge in [-0.15, -0.1) is 0 Å². The maximum absolute atomic E-state index is 11.5. The van der Waals surface area contributed by atoms with Crippen LogP contribution in [0.25, 0.3) is 0 Å². The fourth-order valence-corrected chi connectivity index (χ4v) is 1.73. The molecule has 0 heterocycles. The zero-order valence-electron chi connectivity index (χ0n) is 10.4. The first-order valence-corrected chi connectivity index (χ1v) is 5.19. The summed E-state index contributed by atoms with van der Waals surface area (Å²) in [4.78, 5) is 11.5. The lowest BCUT2D eigenvalue weighted by Crippen LogP contribution is -2.19. The van der Waals surface area contributed by atoms with E-state index in [4.69, 9.17) is 0 Å². The van der Waals surface area contributed by atoms with Gasteiger partial charge in [-0.2, -0.15) is 0 Å². The predicted molar refractivity (Wildman–Crippen MR) is 62.5 cm³/mol. The molecule has 1 rings (SSSR count). The number of benzene rings is 1. The van der Waals surface area contributed by atoms with E-state index < -0.39 is 5.60 Å². The summed E-state index contributed by atoms with van der Waals surface area (Å²) in [5.41, 5.74) is 2.24. The topological polar surface area (TPSA) is 46.5 Å². The van der Waals surface area contributed by atoms with Crippen molar-refractivity contribution in [3.8, 4) is 0 Å². The zero-order chi connectivity index (χ0) is 12.5. The predicted octanol–water partition coefficient (Wildman–Crippen LogP) is 2.32. The molecule has 0 saturated heterocycles. The van der Waals surface area contributed by atoms with E-state index in [2.05, 4.69) is 4.74 Å². The number of hydrogen-bond donors (Lipinski definition) is 1. The summed E-state index contributed by atoms with van der Waals surface area (Å²) in [6.07, 6.45) is 0. The first kappa shape index (κ1) is 12.7. The third-order valence-corrected chi connectivity index (χ3v) is 2.75. The number of aryl methyl sites for hydroxylation is 1. The molecule has 0 amide bonds. The van der Waals surface area contributed by atoms with Crippen LogP contribution >= 0.6 is 0 Å². The fourth-order valence-electron chi connectivity index (χ4n) is 1.73. The molecule has 0 unspecified atom stereocenters. The summed E-state index contributed by atoms with van der Waals surface area (Å²) >= 11 is 0. The van der Waals surface area contributed by atoms with E-state index in [-0.39, 0.29) is 5.97 Å². The van der Waals surface area contributed by atoms with E-state index >= 15 is 0 Å². The van der Waals surface area contributed by atoms with Crippen molar-refractivity contribution in [2.75, 3.05) is 7.11 Å². The standard InChI is InChI=1S/C13H18O3/c1-8-6-10(12(14)16-5)7-11(9(8)2)13(3,4)15/h6-7,15H,1-5H3. The molecule has 1 N–H and O–H groups in total. The second-order valence-electron chi connectivity index (χ2n) is 4.52. The van der Waals surface area contributed by atoms with E-state index in [1.807, 2.05) is 13.8 Å². The highest BCUT2D eigenvalue weighted by Gasteiger charge is 2.21. The molecule has 3 heteroatoms. The average Bonchev–Trinajstić information content (AvgIpc) is 2.18. The number of esters is 1. The molecule has 0 atom stereocenters. The molecule has 88 valence electrons. The van der Waals surface area contributed by atoms with E-state index in [0.717, 1.165) is 16.7 Å². The number of rotatable bonds is 2. The SMILES string of the molecule is COC(=O)c1cc(C)c(C)c(C(C)(C)O)c1. The Morgan fingerprint density at radius 2 is 1.88 bits per heavy atom. The van der Waals surface area contributed by atoms with Gasteiger partial charge in [-0.25, -0.2) is 4.79 Å². The molecular formula is C13H18O3. The van der Waals surface area contributed by atoms with Crippen LogP contribution in [0.15, 0.2) is 12.1 Å². The third-order valence-electron chi connectivity index (χ3n) is 2.75. The highest BCUT2D eigenvalue weighted by molar-refractivity contribution is 5.90. The maximum atomic E-state index is 11.5. The van der Waals surface area contributed by atoms with Crippen LogP contribution < -0.4 is 0 Å². The summed E-state index contributed by atoms with van der Waals surface area (Å²) in [6.45, 7) is 7.26. The van der Waals surface area contributed by atoms with Gasteiger partial charge >= 0.3 is 5.97 Å². The van der Waals surface area contributed by atoms with Crippen LogP contribution in [0.3, 0.4) is 0 Å². The lowest BCUT2D eigenvalue weighted by atomic mass is 9.89. The van der Waals surface area contributed by atoms with Gasteiger partial charge in [-0.1, -0.05) is 0 Å². The minimum Gasteiger partial charge on any atom is -0.465 e. The highest BCUT2D eigenvalue weighted by atomic mass is 16.5. The van der Waals surface area contributed by atoms with Crippen molar-refractivity contribution in [2.45, 2.75) is 33.3 Å². The molecule has 1 aromatic rings. The molecule has 0 aliphatic carbocycles. The van der Waals surface area contributed by atoms with Gasteiger partial charge in [0.25, 0.3) is 0 Å². The van der Waals surface area contributed by atoms with E-state index in [9.17, 15) is 9.90 Å².